The summed E-state index contributed by atoms with van der Waals surface area (Å²) in [6, 6.07) is 16.4. The molecule has 2 aromatic heterocycles. The fourth-order valence-corrected chi connectivity index (χ4v) is 9.29. The van der Waals surface area contributed by atoms with E-state index in [1.807, 2.05) is 86.2 Å². The average molecular weight is 797 g/mol. The first-order valence-electron chi connectivity index (χ1n) is 20.5. The van der Waals surface area contributed by atoms with Crippen LogP contribution in [0, 0.1) is 35.5 Å². The molecule has 8 atom stereocenters. The number of aromatic nitrogens is 4. The van der Waals surface area contributed by atoms with Gasteiger partial charge >= 0.3 is 12.2 Å². The summed E-state index contributed by atoms with van der Waals surface area (Å²) in [5.74, 6) is 8.31. The molecule has 2 saturated carbocycles. The van der Waals surface area contributed by atoms with Crippen LogP contribution in [0.4, 0.5) is 9.59 Å². The van der Waals surface area contributed by atoms with Crippen molar-refractivity contribution in [3.05, 3.63) is 83.6 Å². The number of alkyl carbamates (subject to hydrolysis) is 1. The Morgan fingerprint density at radius 2 is 1.39 bits per heavy atom. The molecule has 4 aliphatic rings. The van der Waals surface area contributed by atoms with Gasteiger partial charge in [0.15, 0.2) is 0 Å². The second kappa shape index (κ2) is 14.8. The number of H-pyrrole nitrogens is 2. The van der Waals surface area contributed by atoms with Crippen LogP contribution in [-0.2, 0) is 14.3 Å². The SMILES string of the molecule is COC(=O)N[C@H](C(=O)N1[C@@H]2C[C@H]2C[C@H]1c1nc2ccc3cc(C#Cc4ccc(-c5c[nH]c([C@@H]6C[C@H]7C[C@H]7N6C(=O)[C@@H](NC(=O)O)C(C)C)n5)cc4)ccc3c2[nH]1)C(C)C. The molecule has 5 aromatic rings. The molecule has 5 N–H and O–H groups in total. The minimum absolute atomic E-state index is 0.106. The summed E-state index contributed by atoms with van der Waals surface area (Å²) in [5.41, 5.74) is 5.14. The van der Waals surface area contributed by atoms with Gasteiger partial charge in [-0.15, -0.1) is 0 Å². The molecule has 4 heterocycles. The number of carboxylic acid groups (broad SMARTS) is 1. The number of imidazole rings is 2. The molecule has 0 radical (unpaired) electrons. The van der Waals surface area contributed by atoms with Crippen molar-refractivity contribution in [3.8, 4) is 23.1 Å². The number of carbonyl (C=O) groups excluding carboxylic acids is 3. The third-order valence-electron chi connectivity index (χ3n) is 12.6. The summed E-state index contributed by atoms with van der Waals surface area (Å²) in [5, 5.41) is 16.6. The fraction of sp³-hybridized carbons (Fsp3) is 0.422. The maximum atomic E-state index is 13.9. The highest BCUT2D eigenvalue weighted by atomic mass is 16.5. The van der Waals surface area contributed by atoms with Crippen LogP contribution in [0.15, 0.2) is 60.8 Å². The van der Waals surface area contributed by atoms with E-state index in [0.29, 0.717) is 17.7 Å². The van der Waals surface area contributed by atoms with Gasteiger partial charge in [-0.25, -0.2) is 19.6 Å². The van der Waals surface area contributed by atoms with Crippen LogP contribution in [0.2, 0.25) is 0 Å². The summed E-state index contributed by atoms with van der Waals surface area (Å²) in [6.45, 7) is 7.53. The molecule has 2 saturated heterocycles. The standard InChI is InChI=1S/C45H48N8O6/c1-22(2)37(50-44(56)57)42(54)52-33-17-28(33)19-35(52)40-46-21-32(48-40)26-11-8-24(9-12-26)6-7-25-10-14-30-27(16-25)13-15-31-39(30)49-41(47-31)36-20-29-18-34(29)53(36)43(55)38(23(3)4)51-45(58)59-5/h8-16,21-23,28-29,33-38,50H,17-20H2,1-5H3,(H,46,48)(H,47,49)(H,51,58)(H,56,57)/t28-,29+,33-,34-,35+,36+,37+,38+/m1/s1. The van der Waals surface area contributed by atoms with Crippen LogP contribution in [-0.4, -0.2) is 90.1 Å². The number of methoxy groups -OCH3 is 1. The number of nitrogens with one attached hydrogen (secondary N) is 4. The Hall–Kier alpha value is -6.36. The summed E-state index contributed by atoms with van der Waals surface area (Å²) < 4.78 is 4.81. The van der Waals surface area contributed by atoms with E-state index >= 15 is 0 Å². The van der Waals surface area contributed by atoms with Gasteiger partial charge in [0, 0.05) is 40.4 Å². The second-order valence-corrected chi connectivity index (χ2v) is 17.2. The number of benzene rings is 3. The molecule has 3 aromatic carbocycles. The van der Waals surface area contributed by atoms with E-state index in [1.54, 1.807) is 0 Å². The monoisotopic (exact) mass is 796 g/mol. The highest BCUT2D eigenvalue weighted by Gasteiger charge is 2.57. The van der Waals surface area contributed by atoms with Crippen molar-refractivity contribution in [1.29, 1.82) is 0 Å². The highest BCUT2D eigenvalue weighted by Crippen LogP contribution is 2.54. The van der Waals surface area contributed by atoms with Crippen molar-refractivity contribution in [1.82, 2.24) is 40.4 Å². The Bertz CT molecular complexity index is 2550. The van der Waals surface area contributed by atoms with Gasteiger partial charge in [0.05, 0.1) is 35.9 Å². The van der Waals surface area contributed by atoms with Gasteiger partial charge in [-0.1, -0.05) is 63.8 Å². The lowest BCUT2D eigenvalue weighted by Gasteiger charge is -2.31. The number of piperidine rings is 2. The first-order valence-corrected chi connectivity index (χ1v) is 20.5. The fourth-order valence-electron chi connectivity index (χ4n) is 9.29. The van der Waals surface area contributed by atoms with Crippen LogP contribution in [0.1, 0.15) is 88.2 Å². The number of hydrogen-bond acceptors (Lipinski definition) is 7. The number of ether oxygens (including phenoxy) is 1. The van der Waals surface area contributed by atoms with Gasteiger partial charge < -0.3 is 40.2 Å². The molecule has 14 nitrogen and oxygen atoms in total. The van der Waals surface area contributed by atoms with Gasteiger partial charge in [0.2, 0.25) is 11.8 Å². The molecular weight excluding hydrogens is 749 g/mol. The zero-order valence-corrected chi connectivity index (χ0v) is 33.7. The number of carbonyl (C=O) groups is 4. The number of fused-ring (bicyclic) bond motifs is 5. The van der Waals surface area contributed by atoms with Gasteiger partial charge in [-0.2, -0.15) is 0 Å². The average Bonchev–Trinajstić information content (AvgIpc) is 3.83. The van der Waals surface area contributed by atoms with Crippen molar-refractivity contribution < 1.29 is 29.0 Å². The van der Waals surface area contributed by atoms with E-state index in [9.17, 15) is 24.3 Å². The predicted molar refractivity (Wildman–Crippen MR) is 220 cm³/mol. The van der Waals surface area contributed by atoms with Crippen molar-refractivity contribution >= 4 is 45.8 Å². The number of amides is 4. The number of hydrogen-bond donors (Lipinski definition) is 5. The molecular formula is C45H48N8O6. The van der Waals surface area contributed by atoms with Crippen molar-refractivity contribution in [2.75, 3.05) is 7.11 Å². The van der Waals surface area contributed by atoms with Crippen LogP contribution in [0.3, 0.4) is 0 Å². The number of aromatic amines is 2. The summed E-state index contributed by atoms with van der Waals surface area (Å²) in [4.78, 5) is 71.5. The maximum Gasteiger partial charge on any atom is 0.407 e. The lowest BCUT2D eigenvalue weighted by atomic mass is 10.0. The van der Waals surface area contributed by atoms with E-state index in [4.69, 9.17) is 14.7 Å². The quantitative estimate of drug-likeness (QED) is 0.105. The second-order valence-electron chi connectivity index (χ2n) is 17.2. The van der Waals surface area contributed by atoms with Crippen LogP contribution in [0.5, 0.6) is 0 Å². The van der Waals surface area contributed by atoms with Crippen LogP contribution in [0.25, 0.3) is 33.1 Å². The Kier molecular flexibility index (Phi) is 9.57. The van der Waals surface area contributed by atoms with Gasteiger partial charge in [-0.05, 0) is 85.1 Å². The van der Waals surface area contributed by atoms with Crippen LogP contribution < -0.4 is 10.6 Å². The topological polar surface area (TPSA) is 186 Å². The lowest BCUT2D eigenvalue weighted by molar-refractivity contribution is -0.137. The zero-order valence-electron chi connectivity index (χ0n) is 33.7. The molecule has 9 rings (SSSR count). The van der Waals surface area contributed by atoms with Crippen molar-refractivity contribution in [2.45, 2.75) is 89.6 Å². The van der Waals surface area contributed by atoms with Gasteiger partial charge in [0.25, 0.3) is 0 Å². The van der Waals surface area contributed by atoms with E-state index in [2.05, 4.69) is 44.6 Å². The van der Waals surface area contributed by atoms with Crippen molar-refractivity contribution in [2.24, 2.45) is 23.7 Å². The molecule has 0 bridgehead atoms. The molecule has 59 heavy (non-hydrogen) atoms. The molecule has 0 unspecified atom stereocenters. The molecule has 14 heteroatoms. The molecule has 2 aliphatic heterocycles. The lowest BCUT2D eigenvalue weighted by Crippen LogP contribution is -2.52. The Morgan fingerprint density at radius 1 is 0.780 bits per heavy atom. The number of likely N-dealkylation sites (tertiary alicyclic amines) is 2. The highest BCUT2D eigenvalue weighted by molar-refractivity contribution is 6.04. The minimum atomic E-state index is -1.20. The van der Waals surface area contributed by atoms with E-state index in [0.717, 1.165) is 75.7 Å². The normalized spacial score (nSPS) is 23.7. The third-order valence-corrected chi connectivity index (χ3v) is 12.6. The molecule has 2 aliphatic carbocycles. The first-order chi connectivity index (χ1) is 28.4. The first kappa shape index (κ1) is 38.2. The largest absolute Gasteiger partial charge is 0.465 e. The van der Waals surface area contributed by atoms with E-state index in [-0.39, 0.29) is 47.8 Å². The van der Waals surface area contributed by atoms with Crippen molar-refractivity contribution in [3.63, 3.8) is 0 Å². The Labute approximate surface area is 341 Å². The van der Waals surface area contributed by atoms with Gasteiger partial charge in [-0.3, -0.25) is 9.59 Å². The van der Waals surface area contributed by atoms with Gasteiger partial charge in [0.1, 0.15) is 23.7 Å². The summed E-state index contributed by atoms with van der Waals surface area (Å²) in [7, 11) is 1.30. The summed E-state index contributed by atoms with van der Waals surface area (Å²) >= 11 is 0. The van der Waals surface area contributed by atoms with Crippen LogP contribution >= 0.6 is 0 Å². The van der Waals surface area contributed by atoms with E-state index < -0.39 is 24.3 Å². The number of nitrogens with zero attached hydrogens (tertiary/aromatic N) is 4. The maximum absolute atomic E-state index is 13.9. The Balaban J connectivity index is 0.893. The smallest absolute Gasteiger partial charge is 0.407 e. The molecule has 304 valence electrons. The number of rotatable bonds is 9. The zero-order chi connectivity index (χ0) is 41.3. The minimum Gasteiger partial charge on any atom is -0.465 e. The molecule has 4 amide bonds. The molecule has 4 fully saturated rings. The summed E-state index contributed by atoms with van der Waals surface area (Å²) in [6.07, 6.45) is 3.57. The molecule has 0 spiro atoms. The third kappa shape index (κ3) is 7.12. The Morgan fingerprint density at radius 3 is 2.02 bits per heavy atom. The predicted octanol–water partition coefficient (Wildman–Crippen LogP) is 6.50. The van der Waals surface area contributed by atoms with E-state index in [1.165, 1.54) is 7.11 Å².